The fraction of sp³-hybridized carbons (Fsp3) is 0. The van der Waals surface area contributed by atoms with Gasteiger partial charge in [-0.3, -0.25) is 0 Å². The van der Waals surface area contributed by atoms with Crippen molar-refractivity contribution in [3.05, 3.63) is 53.1 Å². The van der Waals surface area contributed by atoms with Crippen LogP contribution in [0.3, 0.4) is 0 Å². The summed E-state index contributed by atoms with van der Waals surface area (Å²) in [5.41, 5.74) is 5.97. The van der Waals surface area contributed by atoms with Crippen molar-refractivity contribution in [2.75, 3.05) is 5.73 Å². The lowest BCUT2D eigenvalue weighted by molar-refractivity contribution is 0.606. The van der Waals surface area contributed by atoms with Crippen LogP contribution in [0.15, 0.2) is 36.4 Å². The number of rotatable bonds is 2. The summed E-state index contributed by atoms with van der Waals surface area (Å²) in [6.45, 7) is 0. The molecule has 3 rings (SSSR count). The van der Waals surface area contributed by atoms with Crippen molar-refractivity contribution in [1.29, 1.82) is 0 Å². The van der Waals surface area contributed by atoms with Crippen molar-refractivity contribution in [3.8, 4) is 17.1 Å². The average molecular weight is 308 g/mol. The number of hydrogen-bond acceptors (Lipinski definition) is 4. The third-order valence-corrected chi connectivity index (χ3v) is 3.16. The van der Waals surface area contributed by atoms with Crippen LogP contribution in [0.5, 0.6) is 0 Å². The number of nitrogen functional groups attached to an aromatic ring is 1. The van der Waals surface area contributed by atoms with E-state index in [9.17, 15) is 8.78 Å². The van der Waals surface area contributed by atoms with Crippen molar-refractivity contribution in [1.82, 2.24) is 20.2 Å². The number of aromatic nitrogens is 4. The van der Waals surface area contributed by atoms with Gasteiger partial charge < -0.3 is 5.73 Å². The van der Waals surface area contributed by atoms with E-state index in [2.05, 4.69) is 15.5 Å². The maximum atomic E-state index is 14.0. The molecule has 0 unspecified atom stereocenters. The van der Waals surface area contributed by atoms with E-state index < -0.39 is 11.6 Å². The van der Waals surface area contributed by atoms with Gasteiger partial charge in [0.2, 0.25) is 0 Å². The van der Waals surface area contributed by atoms with Crippen LogP contribution in [0, 0.1) is 11.6 Å². The maximum absolute atomic E-state index is 14.0. The molecule has 0 saturated carbocycles. The smallest absolute Gasteiger partial charge is 0.190 e. The molecule has 0 aliphatic rings. The Bertz CT molecular complexity index is 798. The van der Waals surface area contributed by atoms with Crippen molar-refractivity contribution < 1.29 is 8.78 Å². The number of para-hydroxylation sites is 1. The molecule has 106 valence electrons. The first-order chi connectivity index (χ1) is 10.1. The van der Waals surface area contributed by atoms with Gasteiger partial charge in [-0.25, -0.2) is 8.78 Å². The highest BCUT2D eigenvalue weighted by molar-refractivity contribution is 6.32. The Morgan fingerprint density at radius 1 is 1.10 bits per heavy atom. The molecule has 0 fully saturated rings. The Morgan fingerprint density at radius 2 is 1.90 bits per heavy atom. The fourth-order valence-electron chi connectivity index (χ4n) is 1.91. The summed E-state index contributed by atoms with van der Waals surface area (Å²) in [6, 6.07) is 8.11. The second-order valence-electron chi connectivity index (χ2n) is 4.22. The highest BCUT2D eigenvalue weighted by Gasteiger charge is 2.19. The van der Waals surface area contributed by atoms with Crippen molar-refractivity contribution in [2.24, 2.45) is 0 Å². The minimum Gasteiger partial charge on any atom is -0.399 e. The van der Waals surface area contributed by atoms with Crippen molar-refractivity contribution in [3.63, 3.8) is 0 Å². The molecule has 3 aromatic rings. The largest absolute Gasteiger partial charge is 0.399 e. The second kappa shape index (κ2) is 5.10. The lowest BCUT2D eigenvalue weighted by atomic mass is 10.1. The van der Waals surface area contributed by atoms with Crippen molar-refractivity contribution in [2.45, 2.75) is 0 Å². The van der Waals surface area contributed by atoms with Crippen LogP contribution in [0.25, 0.3) is 17.1 Å². The lowest BCUT2D eigenvalue weighted by Gasteiger charge is -2.08. The number of nitrogens with two attached hydrogens (primary N) is 1. The fourth-order valence-corrected chi connectivity index (χ4v) is 2.15. The van der Waals surface area contributed by atoms with Crippen LogP contribution in [0.2, 0.25) is 5.02 Å². The zero-order chi connectivity index (χ0) is 15.0. The monoisotopic (exact) mass is 307 g/mol. The van der Waals surface area contributed by atoms with E-state index >= 15 is 0 Å². The lowest BCUT2D eigenvalue weighted by Crippen LogP contribution is -2.04. The van der Waals surface area contributed by atoms with Gasteiger partial charge in [0.05, 0.1) is 10.6 Å². The van der Waals surface area contributed by atoms with E-state index in [4.69, 9.17) is 17.3 Å². The first-order valence-corrected chi connectivity index (χ1v) is 6.24. The van der Waals surface area contributed by atoms with E-state index in [1.807, 2.05) is 0 Å². The summed E-state index contributed by atoms with van der Waals surface area (Å²) < 4.78 is 28.9. The van der Waals surface area contributed by atoms with E-state index in [0.717, 1.165) is 4.68 Å². The Morgan fingerprint density at radius 3 is 2.67 bits per heavy atom. The molecule has 0 radical (unpaired) electrons. The highest BCUT2D eigenvalue weighted by Crippen LogP contribution is 2.29. The molecular formula is C13H8ClF2N5. The summed E-state index contributed by atoms with van der Waals surface area (Å²) in [7, 11) is 0. The number of benzene rings is 2. The molecular weight excluding hydrogens is 300 g/mol. The molecule has 0 spiro atoms. The molecule has 5 nitrogen and oxygen atoms in total. The van der Waals surface area contributed by atoms with Crippen molar-refractivity contribution >= 4 is 17.3 Å². The molecule has 1 heterocycles. The van der Waals surface area contributed by atoms with E-state index in [0.29, 0.717) is 5.69 Å². The van der Waals surface area contributed by atoms with Crippen LogP contribution in [-0.4, -0.2) is 20.2 Å². The average Bonchev–Trinajstić information content (AvgIpc) is 2.90. The predicted molar refractivity (Wildman–Crippen MR) is 73.9 cm³/mol. The molecule has 0 aliphatic heterocycles. The molecule has 2 aromatic carbocycles. The summed E-state index contributed by atoms with van der Waals surface area (Å²) in [6.07, 6.45) is 0. The number of anilines is 1. The summed E-state index contributed by atoms with van der Waals surface area (Å²) in [5, 5.41) is 11.0. The SMILES string of the molecule is Nc1ccc(F)c(-c2nnnn2-c2c(F)cccc2Cl)c1. The van der Waals surface area contributed by atoms with E-state index in [1.54, 1.807) is 0 Å². The number of hydrogen-bond donors (Lipinski definition) is 1. The maximum Gasteiger partial charge on any atom is 0.190 e. The third-order valence-electron chi connectivity index (χ3n) is 2.85. The van der Waals surface area contributed by atoms with Gasteiger partial charge in [0, 0.05) is 5.69 Å². The van der Waals surface area contributed by atoms with Gasteiger partial charge in [-0.15, -0.1) is 5.10 Å². The summed E-state index contributed by atoms with van der Waals surface area (Å²) >= 11 is 5.98. The summed E-state index contributed by atoms with van der Waals surface area (Å²) in [5.74, 6) is -1.19. The minimum absolute atomic E-state index is 0.00630. The normalized spacial score (nSPS) is 10.8. The van der Waals surface area contributed by atoms with Crippen LogP contribution in [-0.2, 0) is 0 Å². The summed E-state index contributed by atoms with van der Waals surface area (Å²) in [4.78, 5) is 0. The molecule has 0 aliphatic carbocycles. The highest BCUT2D eigenvalue weighted by atomic mass is 35.5. The first kappa shape index (κ1) is 13.4. The van der Waals surface area contributed by atoms with Gasteiger partial charge in [-0.05, 0) is 40.8 Å². The zero-order valence-corrected chi connectivity index (χ0v) is 11.2. The van der Waals surface area contributed by atoms with Crippen LogP contribution < -0.4 is 5.73 Å². The van der Waals surface area contributed by atoms with E-state index in [-0.39, 0.29) is 22.1 Å². The minimum atomic E-state index is -0.625. The van der Waals surface area contributed by atoms with E-state index in [1.165, 1.54) is 36.4 Å². The molecule has 0 amide bonds. The molecule has 0 bridgehead atoms. The van der Waals surface area contributed by atoms with Crippen LogP contribution in [0.4, 0.5) is 14.5 Å². The Labute approximate surface area is 123 Å². The Hall–Kier alpha value is -2.54. The number of nitrogens with zero attached hydrogens (tertiary/aromatic N) is 4. The molecule has 21 heavy (non-hydrogen) atoms. The Balaban J connectivity index is 2.25. The van der Waals surface area contributed by atoms with Gasteiger partial charge >= 0.3 is 0 Å². The van der Waals surface area contributed by atoms with Gasteiger partial charge in [-0.2, -0.15) is 4.68 Å². The van der Waals surface area contributed by atoms with Crippen LogP contribution >= 0.6 is 11.6 Å². The molecule has 0 saturated heterocycles. The number of halogens is 3. The number of tetrazole rings is 1. The predicted octanol–water partition coefficient (Wildman–Crippen LogP) is 2.84. The van der Waals surface area contributed by atoms with Crippen LogP contribution in [0.1, 0.15) is 0 Å². The zero-order valence-electron chi connectivity index (χ0n) is 10.5. The van der Waals surface area contributed by atoms with Gasteiger partial charge in [0.25, 0.3) is 0 Å². The van der Waals surface area contributed by atoms with Gasteiger partial charge in [-0.1, -0.05) is 17.7 Å². The molecule has 2 N–H and O–H groups in total. The molecule has 1 aromatic heterocycles. The molecule has 8 heteroatoms. The standard InChI is InChI=1S/C13H8ClF2N5/c14-9-2-1-3-11(16)12(9)21-13(18-19-20-21)8-6-7(17)4-5-10(8)15/h1-6H,17H2. The van der Waals surface area contributed by atoms with Gasteiger partial charge in [0.1, 0.15) is 11.5 Å². The third kappa shape index (κ3) is 2.31. The second-order valence-corrected chi connectivity index (χ2v) is 4.63. The quantitative estimate of drug-likeness (QED) is 0.739. The first-order valence-electron chi connectivity index (χ1n) is 5.86. The topological polar surface area (TPSA) is 69.6 Å². The molecule has 0 atom stereocenters. The Kier molecular flexibility index (Phi) is 3.26. The van der Waals surface area contributed by atoms with Gasteiger partial charge in [0.15, 0.2) is 11.6 Å².